The lowest BCUT2D eigenvalue weighted by molar-refractivity contribution is -0.116. The molecule has 0 bridgehead atoms. The average Bonchev–Trinajstić information content (AvgIpc) is 2.71. The van der Waals surface area contributed by atoms with Crippen LogP contribution in [0.15, 0.2) is 18.2 Å². The molecule has 5 heteroatoms. The third kappa shape index (κ3) is 4.61. The van der Waals surface area contributed by atoms with E-state index in [1.807, 2.05) is 0 Å². The molecule has 1 amide bonds. The molecule has 0 aliphatic carbocycles. The first-order valence-corrected chi connectivity index (χ1v) is 7.92. The van der Waals surface area contributed by atoms with Crippen LogP contribution in [0.1, 0.15) is 33.1 Å². The number of halogens is 1. The Morgan fingerprint density at radius 3 is 2.86 bits per heavy atom. The predicted molar refractivity (Wildman–Crippen MR) is 88.5 cm³/mol. The third-order valence-electron chi connectivity index (χ3n) is 4.05. The maximum atomic E-state index is 12.0. The van der Waals surface area contributed by atoms with Crippen molar-refractivity contribution in [1.29, 1.82) is 0 Å². The van der Waals surface area contributed by atoms with Crippen LogP contribution in [-0.2, 0) is 4.79 Å². The molecule has 0 spiro atoms. The highest BCUT2D eigenvalue weighted by molar-refractivity contribution is 6.31. The minimum atomic E-state index is 0.00363. The van der Waals surface area contributed by atoms with Crippen molar-refractivity contribution in [3.8, 4) is 0 Å². The predicted octanol–water partition coefficient (Wildman–Crippen LogP) is 3.37. The van der Waals surface area contributed by atoms with Gasteiger partial charge in [-0.2, -0.15) is 0 Å². The number of amides is 1. The van der Waals surface area contributed by atoms with E-state index < -0.39 is 0 Å². The largest absolute Gasteiger partial charge is 0.397 e. The average molecular weight is 310 g/mol. The monoisotopic (exact) mass is 309 g/mol. The molecule has 1 heterocycles. The second-order valence-electron chi connectivity index (χ2n) is 6.07. The summed E-state index contributed by atoms with van der Waals surface area (Å²) in [5, 5.41) is 3.41. The van der Waals surface area contributed by atoms with Gasteiger partial charge in [-0.25, -0.2) is 0 Å². The van der Waals surface area contributed by atoms with Crippen molar-refractivity contribution in [3.05, 3.63) is 23.2 Å². The first kappa shape index (κ1) is 16.1. The normalized spacial score (nSPS) is 22.4. The lowest BCUT2D eigenvalue weighted by Crippen LogP contribution is -2.29. The Bertz CT molecular complexity index is 506. The van der Waals surface area contributed by atoms with Gasteiger partial charge in [0.15, 0.2) is 0 Å². The number of hydrogen-bond acceptors (Lipinski definition) is 3. The number of nitrogens with one attached hydrogen (secondary N) is 1. The van der Waals surface area contributed by atoms with E-state index in [0.717, 1.165) is 25.4 Å². The van der Waals surface area contributed by atoms with Crippen LogP contribution in [0.5, 0.6) is 0 Å². The summed E-state index contributed by atoms with van der Waals surface area (Å²) in [6.07, 6.45) is 2.64. The molecule has 0 saturated carbocycles. The van der Waals surface area contributed by atoms with Gasteiger partial charge < -0.3 is 16.0 Å². The Hall–Kier alpha value is -1.26. The van der Waals surface area contributed by atoms with Gasteiger partial charge in [0.05, 0.1) is 11.4 Å². The molecule has 4 nitrogen and oxygen atoms in total. The number of nitrogen functional groups attached to an aromatic ring is 1. The smallest absolute Gasteiger partial charge is 0.224 e. The lowest BCUT2D eigenvalue weighted by atomic mass is 10.1. The van der Waals surface area contributed by atoms with Crippen molar-refractivity contribution < 1.29 is 4.79 Å². The van der Waals surface area contributed by atoms with E-state index in [0.29, 0.717) is 28.9 Å². The van der Waals surface area contributed by atoms with Crippen molar-refractivity contribution in [1.82, 2.24) is 4.90 Å². The molecule has 1 aromatic rings. The summed E-state index contributed by atoms with van der Waals surface area (Å²) in [6.45, 7) is 6.67. The van der Waals surface area contributed by atoms with Crippen LogP contribution >= 0.6 is 11.6 Å². The quantitative estimate of drug-likeness (QED) is 0.820. The number of nitrogens with zero attached hydrogens (tertiary/aromatic N) is 1. The molecule has 2 unspecified atom stereocenters. The maximum absolute atomic E-state index is 12.0. The van der Waals surface area contributed by atoms with Gasteiger partial charge >= 0.3 is 0 Å². The Kier molecular flexibility index (Phi) is 5.48. The summed E-state index contributed by atoms with van der Waals surface area (Å²) in [4.78, 5) is 14.4. The van der Waals surface area contributed by atoms with Crippen LogP contribution in [0, 0.1) is 5.92 Å². The highest BCUT2D eigenvalue weighted by Crippen LogP contribution is 2.24. The summed E-state index contributed by atoms with van der Waals surface area (Å²) in [6, 6.07) is 5.74. The number of carbonyl (C=O) groups excluding carboxylic acids is 1. The number of hydrogen-bond donors (Lipinski definition) is 2. The number of likely N-dealkylation sites (tertiary alicyclic amines) is 1. The topological polar surface area (TPSA) is 58.4 Å². The van der Waals surface area contributed by atoms with Gasteiger partial charge in [-0.05, 0) is 50.4 Å². The molecule has 0 radical (unpaired) electrons. The van der Waals surface area contributed by atoms with Gasteiger partial charge in [-0.15, -0.1) is 0 Å². The van der Waals surface area contributed by atoms with E-state index >= 15 is 0 Å². The number of anilines is 2. The van der Waals surface area contributed by atoms with E-state index in [1.54, 1.807) is 18.2 Å². The highest BCUT2D eigenvalue weighted by atomic mass is 35.5. The van der Waals surface area contributed by atoms with Gasteiger partial charge in [0.25, 0.3) is 0 Å². The minimum Gasteiger partial charge on any atom is -0.397 e. The molecule has 1 aliphatic rings. The van der Waals surface area contributed by atoms with E-state index in [4.69, 9.17) is 17.3 Å². The van der Waals surface area contributed by atoms with Crippen LogP contribution in [0.3, 0.4) is 0 Å². The van der Waals surface area contributed by atoms with Crippen molar-refractivity contribution >= 4 is 28.9 Å². The summed E-state index contributed by atoms with van der Waals surface area (Å²) in [5.74, 6) is 0.770. The zero-order valence-corrected chi connectivity index (χ0v) is 13.5. The number of carbonyl (C=O) groups is 1. The van der Waals surface area contributed by atoms with E-state index in [-0.39, 0.29) is 5.91 Å². The fourth-order valence-corrected chi connectivity index (χ4v) is 3.18. The SMILES string of the molecule is CC1CC(C)N(CCCC(=O)Nc2ccc(Cl)cc2N)C1. The first-order chi connectivity index (χ1) is 9.95. The summed E-state index contributed by atoms with van der Waals surface area (Å²) in [7, 11) is 0. The van der Waals surface area contributed by atoms with Crippen LogP contribution < -0.4 is 11.1 Å². The fraction of sp³-hybridized carbons (Fsp3) is 0.562. The lowest BCUT2D eigenvalue weighted by Gasteiger charge is -2.20. The molecule has 1 aromatic carbocycles. The van der Waals surface area contributed by atoms with Gasteiger partial charge in [0.1, 0.15) is 0 Å². The van der Waals surface area contributed by atoms with Crippen LogP contribution in [-0.4, -0.2) is 29.9 Å². The Morgan fingerprint density at radius 1 is 1.48 bits per heavy atom. The Labute approximate surface area is 131 Å². The molecule has 21 heavy (non-hydrogen) atoms. The fourth-order valence-electron chi connectivity index (χ4n) is 3.00. The zero-order valence-electron chi connectivity index (χ0n) is 12.7. The van der Waals surface area contributed by atoms with E-state index in [1.165, 1.54) is 6.42 Å². The second kappa shape index (κ2) is 7.14. The minimum absolute atomic E-state index is 0.00363. The Morgan fingerprint density at radius 2 is 2.24 bits per heavy atom. The van der Waals surface area contributed by atoms with E-state index in [9.17, 15) is 4.79 Å². The number of benzene rings is 1. The summed E-state index contributed by atoms with van der Waals surface area (Å²) < 4.78 is 0. The molecule has 2 rings (SSSR count). The molecule has 1 saturated heterocycles. The van der Waals surface area contributed by atoms with Crippen molar-refractivity contribution in [3.63, 3.8) is 0 Å². The molecule has 1 aliphatic heterocycles. The summed E-state index contributed by atoms with van der Waals surface area (Å²) >= 11 is 5.84. The third-order valence-corrected chi connectivity index (χ3v) is 4.28. The molecule has 0 aromatic heterocycles. The molecular formula is C16H24ClN3O. The van der Waals surface area contributed by atoms with Gasteiger partial charge in [-0.3, -0.25) is 4.79 Å². The Balaban J connectivity index is 1.75. The standard InChI is InChI=1S/C16H24ClN3O/c1-11-8-12(2)20(10-11)7-3-4-16(21)19-15-6-5-13(17)9-14(15)18/h5-6,9,11-12H,3-4,7-8,10,18H2,1-2H3,(H,19,21). The van der Waals surface area contributed by atoms with Crippen LogP contribution in [0.4, 0.5) is 11.4 Å². The molecule has 3 N–H and O–H groups in total. The van der Waals surface area contributed by atoms with Crippen molar-refractivity contribution in [2.75, 3.05) is 24.1 Å². The van der Waals surface area contributed by atoms with Gasteiger partial charge in [0, 0.05) is 24.0 Å². The number of nitrogens with two attached hydrogens (primary N) is 1. The molecule has 1 fully saturated rings. The molecular weight excluding hydrogens is 286 g/mol. The molecule has 116 valence electrons. The van der Waals surface area contributed by atoms with Crippen LogP contribution in [0.2, 0.25) is 5.02 Å². The van der Waals surface area contributed by atoms with E-state index in [2.05, 4.69) is 24.1 Å². The first-order valence-electron chi connectivity index (χ1n) is 7.54. The van der Waals surface area contributed by atoms with Crippen molar-refractivity contribution in [2.45, 2.75) is 39.2 Å². The van der Waals surface area contributed by atoms with Gasteiger partial charge in [-0.1, -0.05) is 18.5 Å². The summed E-state index contributed by atoms with van der Waals surface area (Å²) in [5.41, 5.74) is 6.95. The maximum Gasteiger partial charge on any atom is 0.224 e. The highest BCUT2D eigenvalue weighted by Gasteiger charge is 2.25. The second-order valence-corrected chi connectivity index (χ2v) is 6.50. The zero-order chi connectivity index (χ0) is 15.4. The van der Waals surface area contributed by atoms with Crippen molar-refractivity contribution in [2.24, 2.45) is 5.92 Å². The molecule has 2 atom stereocenters. The number of rotatable bonds is 5. The van der Waals surface area contributed by atoms with Crippen LogP contribution in [0.25, 0.3) is 0 Å². The van der Waals surface area contributed by atoms with Gasteiger partial charge in [0.2, 0.25) is 5.91 Å².